The summed E-state index contributed by atoms with van der Waals surface area (Å²) in [7, 11) is 1.97. The molecule has 3 heteroatoms. The molecular formula is C42H31N3. The summed E-state index contributed by atoms with van der Waals surface area (Å²) in [6.07, 6.45) is 0. The van der Waals surface area contributed by atoms with E-state index >= 15 is 0 Å². The molecule has 8 aromatic rings. The second-order valence-electron chi connectivity index (χ2n) is 11.3. The van der Waals surface area contributed by atoms with E-state index < -0.39 is 0 Å². The zero-order chi connectivity index (χ0) is 30.2. The van der Waals surface area contributed by atoms with Crippen LogP contribution in [0.5, 0.6) is 0 Å². The van der Waals surface area contributed by atoms with Crippen LogP contribution in [-0.2, 0) is 0 Å². The van der Waals surface area contributed by atoms with Crippen LogP contribution in [0.4, 0.5) is 5.69 Å². The van der Waals surface area contributed by atoms with E-state index in [1.54, 1.807) is 0 Å². The van der Waals surface area contributed by atoms with Gasteiger partial charge >= 0.3 is 0 Å². The Bertz CT molecular complexity index is 2300. The van der Waals surface area contributed by atoms with Gasteiger partial charge in [-0.1, -0.05) is 121 Å². The molecule has 45 heavy (non-hydrogen) atoms. The quantitative estimate of drug-likeness (QED) is 0.213. The fourth-order valence-corrected chi connectivity index (χ4v) is 6.39. The molecule has 6 aromatic carbocycles. The average Bonchev–Trinajstić information content (AvgIpc) is 3.46. The van der Waals surface area contributed by atoms with Crippen LogP contribution < -0.4 is 5.32 Å². The first-order valence-corrected chi connectivity index (χ1v) is 15.3. The Morgan fingerprint density at radius 2 is 1.07 bits per heavy atom. The van der Waals surface area contributed by atoms with Crippen molar-refractivity contribution >= 4 is 27.5 Å². The van der Waals surface area contributed by atoms with E-state index in [1.807, 2.05) is 13.1 Å². The number of aromatic nitrogens is 2. The van der Waals surface area contributed by atoms with Gasteiger partial charge in [-0.05, 0) is 59.2 Å². The molecule has 0 spiro atoms. The van der Waals surface area contributed by atoms with Gasteiger partial charge in [-0.2, -0.15) is 0 Å². The standard InChI is InChI=1S/C42H31N3/c1-43-40-17-7-5-15-35(40)32-25-26-37-36-16-6-8-20-41(36)45(42(37)28-32)34-14-9-13-33(27-34)39-19-10-18-38(44-39)31-23-21-30(22-24-31)29-11-3-2-4-12-29/h2-28,43H,1H3. The van der Waals surface area contributed by atoms with Gasteiger partial charge in [-0.3, -0.25) is 0 Å². The molecule has 0 atom stereocenters. The number of nitrogens with one attached hydrogen (secondary N) is 1. The maximum absolute atomic E-state index is 5.12. The van der Waals surface area contributed by atoms with Crippen LogP contribution in [0, 0.1) is 0 Å². The monoisotopic (exact) mass is 577 g/mol. The maximum atomic E-state index is 5.12. The average molecular weight is 578 g/mol. The minimum absolute atomic E-state index is 0.950. The second-order valence-corrected chi connectivity index (χ2v) is 11.3. The van der Waals surface area contributed by atoms with Crippen LogP contribution in [0.25, 0.3) is 72.3 Å². The fraction of sp³-hybridized carbons (Fsp3) is 0.0238. The molecule has 1 N–H and O–H groups in total. The van der Waals surface area contributed by atoms with Crippen LogP contribution in [0.3, 0.4) is 0 Å². The van der Waals surface area contributed by atoms with Gasteiger partial charge in [0.05, 0.1) is 22.4 Å². The highest BCUT2D eigenvalue weighted by Gasteiger charge is 2.15. The molecule has 0 amide bonds. The van der Waals surface area contributed by atoms with Gasteiger partial charge in [-0.25, -0.2) is 4.98 Å². The van der Waals surface area contributed by atoms with Crippen molar-refractivity contribution in [2.24, 2.45) is 0 Å². The van der Waals surface area contributed by atoms with Gasteiger partial charge < -0.3 is 9.88 Å². The molecule has 0 bridgehead atoms. The van der Waals surface area contributed by atoms with Crippen LogP contribution in [0.1, 0.15) is 0 Å². The Balaban J connectivity index is 1.22. The zero-order valence-corrected chi connectivity index (χ0v) is 25.0. The molecule has 0 aliphatic carbocycles. The van der Waals surface area contributed by atoms with E-state index in [0.717, 1.165) is 33.9 Å². The minimum Gasteiger partial charge on any atom is -0.388 e. The summed E-state index contributed by atoms with van der Waals surface area (Å²) in [5.74, 6) is 0. The number of fused-ring (bicyclic) bond motifs is 3. The lowest BCUT2D eigenvalue weighted by Gasteiger charge is -2.13. The van der Waals surface area contributed by atoms with E-state index in [4.69, 9.17) is 4.98 Å². The number of hydrogen-bond donors (Lipinski definition) is 1. The molecule has 214 valence electrons. The number of nitrogens with zero attached hydrogens (tertiary/aromatic N) is 2. The molecule has 0 fully saturated rings. The van der Waals surface area contributed by atoms with E-state index in [2.05, 4.69) is 168 Å². The molecule has 0 aliphatic rings. The number of para-hydroxylation sites is 2. The predicted molar refractivity (Wildman–Crippen MR) is 190 cm³/mol. The van der Waals surface area contributed by atoms with E-state index in [1.165, 1.54) is 44.1 Å². The highest BCUT2D eigenvalue weighted by atomic mass is 15.0. The molecular weight excluding hydrogens is 546 g/mol. The highest BCUT2D eigenvalue weighted by Crippen LogP contribution is 2.37. The summed E-state index contributed by atoms with van der Waals surface area (Å²) < 4.78 is 2.38. The molecule has 0 saturated heterocycles. The van der Waals surface area contributed by atoms with Crippen molar-refractivity contribution in [3.63, 3.8) is 0 Å². The topological polar surface area (TPSA) is 29.9 Å². The van der Waals surface area contributed by atoms with Crippen molar-refractivity contribution in [2.75, 3.05) is 12.4 Å². The van der Waals surface area contributed by atoms with Crippen molar-refractivity contribution < 1.29 is 0 Å². The summed E-state index contributed by atoms with van der Waals surface area (Å²) in [6.45, 7) is 0. The largest absolute Gasteiger partial charge is 0.388 e. The van der Waals surface area contributed by atoms with Crippen molar-refractivity contribution in [3.05, 3.63) is 164 Å². The van der Waals surface area contributed by atoms with Gasteiger partial charge in [0.2, 0.25) is 0 Å². The zero-order valence-electron chi connectivity index (χ0n) is 25.0. The van der Waals surface area contributed by atoms with E-state index in [0.29, 0.717) is 0 Å². The third-order valence-corrected chi connectivity index (χ3v) is 8.62. The number of rotatable bonds is 6. The smallest absolute Gasteiger partial charge is 0.0710 e. The molecule has 2 aromatic heterocycles. The molecule has 0 saturated carbocycles. The minimum atomic E-state index is 0.950. The summed E-state index contributed by atoms with van der Waals surface area (Å²) in [5.41, 5.74) is 13.5. The molecule has 3 nitrogen and oxygen atoms in total. The predicted octanol–water partition coefficient (Wildman–Crippen LogP) is 10.9. The second kappa shape index (κ2) is 11.3. The Morgan fingerprint density at radius 3 is 1.91 bits per heavy atom. The Morgan fingerprint density at radius 1 is 0.444 bits per heavy atom. The number of hydrogen-bond acceptors (Lipinski definition) is 2. The van der Waals surface area contributed by atoms with Crippen molar-refractivity contribution in [1.82, 2.24) is 9.55 Å². The first-order valence-electron chi connectivity index (χ1n) is 15.3. The number of pyridine rings is 1. The van der Waals surface area contributed by atoms with Crippen molar-refractivity contribution in [3.8, 4) is 50.5 Å². The van der Waals surface area contributed by atoms with Gasteiger partial charge in [-0.15, -0.1) is 0 Å². The fourth-order valence-electron chi connectivity index (χ4n) is 6.39. The lowest BCUT2D eigenvalue weighted by atomic mass is 10.0. The first-order chi connectivity index (χ1) is 22.3. The van der Waals surface area contributed by atoms with E-state index in [-0.39, 0.29) is 0 Å². The van der Waals surface area contributed by atoms with Crippen LogP contribution in [-0.4, -0.2) is 16.6 Å². The van der Waals surface area contributed by atoms with Crippen LogP contribution >= 0.6 is 0 Å². The molecule has 8 rings (SSSR count). The molecule has 0 radical (unpaired) electrons. The van der Waals surface area contributed by atoms with Gasteiger partial charge in [0.25, 0.3) is 0 Å². The lowest BCUT2D eigenvalue weighted by Crippen LogP contribution is -1.96. The third-order valence-electron chi connectivity index (χ3n) is 8.62. The Labute approximate surface area is 263 Å². The summed E-state index contributed by atoms with van der Waals surface area (Å²) in [4.78, 5) is 5.12. The summed E-state index contributed by atoms with van der Waals surface area (Å²) >= 11 is 0. The van der Waals surface area contributed by atoms with E-state index in [9.17, 15) is 0 Å². The summed E-state index contributed by atoms with van der Waals surface area (Å²) in [5, 5.41) is 5.83. The van der Waals surface area contributed by atoms with Gasteiger partial charge in [0, 0.05) is 45.9 Å². The molecule has 0 unspecified atom stereocenters. The van der Waals surface area contributed by atoms with Crippen LogP contribution in [0.15, 0.2) is 164 Å². The van der Waals surface area contributed by atoms with Crippen molar-refractivity contribution in [1.29, 1.82) is 0 Å². The molecule has 2 heterocycles. The normalized spacial score (nSPS) is 11.2. The SMILES string of the molecule is CNc1ccccc1-c1ccc2c3ccccc3n(-c3cccc(-c4cccc(-c5ccc(-c6ccccc6)cc5)n4)c3)c2c1. The van der Waals surface area contributed by atoms with Crippen molar-refractivity contribution in [2.45, 2.75) is 0 Å². The number of benzene rings is 6. The summed E-state index contributed by atoms with van der Waals surface area (Å²) in [6, 6.07) is 58.1. The Hall–Kier alpha value is -5.93. The van der Waals surface area contributed by atoms with Gasteiger partial charge in [0.1, 0.15) is 0 Å². The number of anilines is 1. The third kappa shape index (κ3) is 4.85. The molecule has 0 aliphatic heterocycles. The first kappa shape index (κ1) is 26.7. The lowest BCUT2D eigenvalue weighted by molar-refractivity contribution is 1.18. The highest BCUT2D eigenvalue weighted by molar-refractivity contribution is 6.10. The van der Waals surface area contributed by atoms with Crippen LogP contribution in [0.2, 0.25) is 0 Å². The van der Waals surface area contributed by atoms with Gasteiger partial charge in [0.15, 0.2) is 0 Å². The Kier molecular flexibility index (Phi) is 6.69. The maximum Gasteiger partial charge on any atom is 0.0710 e.